The highest BCUT2D eigenvalue weighted by Gasteiger charge is 2.40. The van der Waals surface area contributed by atoms with Gasteiger partial charge in [-0.05, 0) is 62.4 Å². The smallest absolute Gasteiger partial charge is 0.123 e. The van der Waals surface area contributed by atoms with Gasteiger partial charge in [-0.3, -0.25) is 0 Å². The molecule has 2 atom stereocenters. The van der Waals surface area contributed by atoms with E-state index in [1.165, 1.54) is 9.79 Å². The summed E-state index contributed by atoms with van der Waals surface area (Å²) in [6.07, 6.45) is 0. The van der Waals surface area contributed by atoms with E-state index in [9.17, 15) is 0 Å². The van der Waals surface area contributed by atoms with Crippen LogP contribution < -0.4 is 9.47 Å². The summed E-state index contributed by atoms with van der Waals surface area (Å²) in [6, 6.07) is 16.3. The molecule has 0 saturated carbocycles. The first-order valence-corrected chi connectivity index (χ1v) is 9.25. The summed E-state index contributed by atoms with van der Waals surface area (Å²) in [5, 5.41) is 0. The van der Waals surface area contributed by atoms with Crippen molar-refractivity contribution in [1.29, 1.82) is 0 Å². The van der Waals surface area contributed by atoms with Crippen LogP contribution in [0.2, 0.25) is 0 Å². The average Bonchev–Trinajstić information content (AvgIpc) is 3.54. The summed E-state index contributed by atoms with van der Waals surface area (Å²) >= 11 is 1.72. The Hall–Kier alpha value is -1.69. The van der Waals surface area contributed by atoms with Gasteiger partial charge in [-0.2, -0.15) is 0 Å². The third kappa shape index (κ3) is 4.69. The Bertz CT molecular complexity index is 655. The van der Waals surface area contributed by atoms with Crippen molar-refractivity contribution in [3.63, 3.8) is 0 Å². The SMILES string of the molecule is CC1(COc2ccc(Sc3ccc(OCC4(C)CO4)cc3)cc2)CO1. The van der Waals surface area contributed by atoms with Gasteiger partial charge in [0.2, 0.25) is 0 Å². The van der Waals surface area contributed by atoms with Crippen LogP contribution in [-0.2, 0) is 9.47 Å². The lowest BCUT2D eigenvalue weighted by molar-refractivity contribution is 0.202. The number of benzene rings is 2. The Labute approximate surface area is 152 Å². The van der Waals surface area contributed by atoms with E-state index in [0.29, 0.717) is 13.2 Å². The van der Waals surface area contributed by atoms with Crippen molar-refractivity contribution in [3.8, 4) is 11.5 Å². The molecule has 2 saturated heterocycles. The molecule has 0 radical (unpaired) electrons. The Morgan fingerprint density at radius 3 is 1.44 bits per heavy atom. The van der Waals surface area contributed by atoms with E-state index in [0.717, 1.165) is 24.7 Å². The molecule has 132 valence electrons. The van der Waals surface area contributed by atoms with E-state index in [4.69, 9.17) is 18.9 Å². The van der Waals surface area contributed by atoms with Crippen LogP contribution in [0.5, 0.6) is 11.5 Å². The monoisotopic (exact) mass is 358 g/mol. The zero-order valence-corrected chi connectivity index (χ0v) is 15.3. The number of hydrogen-bond acceptors (Lipinski definition) is 5. The highest BCUT2D eigenvalue weighted by Crippen LogP contribution is 2.32. The fourth-order valence-corrected chi connectivity index (χ4v) is 3.05. The number of hydrogen-bond donors (Lipinski definition) is 0. The maximum atomic E-state index is 5.75. The average molecular weight is 358 g/mol. The molecule has 4 rings (SSSR count). The molecule has 4 nitrogen and oxygen atoms in total. The maximum absolute atomic E-state index is 5.75. The number of rotatable bonds is 8. The molecule has 0 N–H and O–H groups in total. The fourth-order valence-electron chi connectivity index (χ4n) is 2.23. The highest BCUT2D eigenvalue weighted by atomic mass is 32.2. The fraction of sp³-hybridized carbons (Fsp3) is 0.400. The van der Waals surface area contributed by atoms with Gasteiger partial charge >= 0.3 is 0 Å². The van der Waals surface area contributed by atoms with E-state index >= 15 is 0 Å². The molecule has 0 amide bonds. The second-order valence-corrected chi connectivity index (χ2v) is 8.25. The van der Waals surface area contributed by atoms with Gasteiger partial charge in [0.15, 0.2) is 0 Å². The quantitative estimate of drug-likeness (QED) is 0.663. The molecule has 0 aromatic heterocycles. The highest BCUT2D eigenvalue weighted by molar-refractivity contribution is 7.99. The zero-order chi connectivity index (χ0) is 17.3. The van der Waals surface area contributed by atoms with Crippen molar-refractivity contribution < 1.29 is 18.9 Å². The van der Waals surface area contributed by atoms with Crippen LogP contribution in [0.3, 0.4) is 0 Å². The van der Waals surface area contributed by atoms with Gasteiger partial charge in [-0.15, -0.1) is 0 Å². The van der Waals surface area contributed by atoms with E-state index in [2.05, 4.69) is 38.1 Å². The summed E-state index contributed by atoms with van der Waals surface area (Å²) < 4.78 is 22.2. The van der Waals surface area contributed by atoms with Crippen LogP contribution in [0.15, 0.2) is 58.3 Å². The second-order valence-electron chi connectivity index (χ2n) is 7.10. The summed E-state index contributed by atoms with van der Waals surface area (Å²) in [6.45, 7) is 6.89. The molecule has 2 unspecified atom stereocenters. The molecule has 25 heavy (non-hydrogen) atoms. The normalized spacial score (nSPS) is 27.0. The lowest BCUT2D eigenvalue weighted by Gasteiger charge is -2.10. The maximum Gasteiger partial charge on any atom is 0.123 e. The third-order valence-corrected chi connectivity index (χ3v) is 5.26. The predicted molar refractivity (Wildman–Crippen MR) is 96.7 cm³/mol. The molecule has 2 aliphatic heterocycles. The van der Waals surface area contributed by atoms with Gasteiger partial charge in [-0.25, -0.2) is 0 Å². The number of epoxide rings is 2. The Kier molecular flexibility index (Phi) is 4.40. The van der Waals surface area contributed by atoms with Gasteiger partial charge in [0.25, 0.3) is 0 Å². The Balaban J connectivity index is 1.28. The van der Waals surface area contributed by atoms with Gasteiger partial charge in [0, 0.05) is 9.79 Å². The van der Waals surface area contributed by atoms with Crippen molar-refractivity contribution in [2.24, 2.45) is 0 Å². The summed E-state index contributed by atoms with van der Waals surface area (Å²) in [5.74, 6) is 1.75. The van der Waals surface area contributed by atoms with Crippen molar-refractivity contribution in [2.45, 2.75) is 34.8 Å². The van der Waals surface area contributed by atoms with Crippen LogP contribution in [0.4, 0.5) is 0 Å². The molecule has 5 heteroatoms. The van der Waals surface area contributed by atoms with Crippen LogP contribution in [0.1, 0.15) is 13.8 Å². The molecule has 2 fully saturated rings. The van der Waals surface area contributed by atoms with E-state index in [1.807, 2.05) is 24.3 Å². The molecular formula is C20H22O4S. The van der Waals surface area contributed by atoms with Crippen molar-refractivity contribution in [1.82, 2.24) is 0 Å². The first kappa shape index (κ1) is 16.8. The minimum atomic E-state index is -0.0830. The van der Waals surface area contributed by atoms with Crippen LogP contribution in [0.25, 0.3) is 0 Å². The predicted octanol–water partition coefficient (Wildman–Crippen LogP) is 4.17. The molecule has 2 aromatic carbocycles. The van der Waals surface area contributed by atoms with Gasteiger partial charge < -0.3 is 18.9 Å². The summed E-state index contributed by atoms with van der Waals surface area (Å²) in [4.78, 5) is 2.35. The molecule has 2 heterocycles. The van der Waals surface area contributed by atoms with Gasteiger partial charge in [0.1, 0.15) is 35.9 Å². The van der Waals surface area contributed by atoms with Crippen molar-refractivity contribution in [3.05, 3.63) is 48.5 Å². The minimum Gasteiger partial charge on any atom is -0.491 e. The van der Waals surface area contributed by atoms with E-state index in [1.54, 1.807) is 11.8 Å². The Morgan fingerprint density at radius 2 is 1.12 bits per heavy atom. The van der Waals surface area contributed by atoms with Crippen molar-refractivity contribution in [2.75, 3.05) is 26.4 Å². The van der Waals surface area contributed by atoms with Crippen LogP contribution in [0, 0.1) is 0 Å². The topological polar surface area (TPSA) is 43.5 Å². The van der Waals surface area contributed by atoms with Crippen LogP contribution in [-0.4, -0.2) is 37.6 Å². The van der Waals surface area contributed by atoms with Crippen LogP contribution >= 0.6 is 11.8 Å². The van der Waals surface area contributed by atoms with Gasteiger partial charge in [0.05, 0.1) is 13.2 Å². The molecule has 0 spiro atoms. The standard InChI is InChI=1S/C20H22O4S/c1-19(13-23-19)11-21-15-3-7-17(8-4-15)25-18-9-5-16(6-10-18)22-12-20(2)14-24-20/h3-10H,11-14H2,1-2H3. The second kappa shape index (κ2) is 6.56. The first-order chi connectivity index (χ1) is 12.0. The third-order valence-electron chi connectivity index (χ3n) is 4.25. The van der Waals surface area contributed by atoms with Crippen molar-refractivity contribution >= 4 is 11.8 Å². The first-order valence-electron chi connectivity index (χ1n) is 8.44. The molecule has 0 aliphatic carbocycles. The lowest BCUT2D eigenvalue weighted by atomic mass is 10.2. The zero-order valence-electron chi connectivity index (χ0n) is 14.5. The lowest BCUT2D eigenvalue weighted by Crippen LogP contribution is -2.16. The summed E-state index contributed by atoms with van der Waals surface area (Å²) in [7, 11) is 0. The molecule has 2 aromatic rings. The largest absolute Gasteiger partial charge is 0.491 e. The molecule has 2 aliphatic rings. The Morgan fingerprint density at radius 1 is 0.760 bits per heavy atom. The number of ether oxygens (including phenoxy) is 4. The minimum absolute atomic E-state index is 0.0830. The molecule has 0 bridgehead atoms. The van der Waals surface area contributed by atoms with Gasteiger partial charge in [-0.1, -0.05) is 11.8 Å². The van der Waals surface area contributed by atoms with E-state index in [-0.39, 0.29) is 11.2 Å². The summed E-state index contributed by atoms with van der Waals surface area (Å²) in [5.41, 5.74) is -0.166. The van der Waals surface area contributed by atoms with E-state index < -0.39 is 0 Å². The molecular weight excluding hydrogens is 336 g/mol.